The van der Waals surface area contributed by atoms with Crippen molar-refractivity contribution in [3.63, 3.8) is 0 Å². The third kappa shape index (κ3) is 20.8. The molecule has 0 aliphatic carbocycles. The first-order chi connectivity index (χ1) is 35.4. The first-order valence-electron chi connectivity index (χ1n) is 27.4. The molecule has 0 bridgehead atoms. The van der Waals surface area contributed by atoms with Crippen LogP contribution in [0.4, 0.5) is 0 Å². The summed E-state index contributed by atoms with van der Waals surface area (Å²) in [6, 6.07) is -2.52. The monoisotopic (exact) mass is 1070 g/mol. The highest BCUT2D eigenvalue weighted by Gasteiger charge is 2.60. The molecule has 18 atom stereocenters. The van der Waals surface area contributed by atoms with Crippen LogP contribution in [-0.2, 0) is 42.8 Å². The summed E-state index contributed by atoms with van der Waals surface area (Å²) in [5, 5.41) is 135. The van der Waals surface area contributed by atoms with Crippen molar-refractivity contribution in [1.29, 1.82) is 0 Å². The van der Waals surface area contributed by atoms with E-state index in [2.05, 4.69) is 24.5 Å². The molecular formula is C51H94N2O21. The van der Waals surface area contributed by atoms with E-state index in [1.54, 1.807) is 0 Å². The van der Waals surface area contributed by atoms with Crippen LogP contribution in [0.25, 0.3) is 0 Å². The number of nitrogens with one attached hydrogen (secondary N) is 2. The molecule has 3 aliphatic rings. The number of carbonyl (C=O) groups is 3. The average molecular weight is 1070 g/mol. The molecule has 0 aromatic carbocycles. The lowest BCUT2D eigenvalue weighted by molar-refractivity contribution is -0.386. The summed E-state index contributed by atoms with van der Waals surface area (Å²) < 4.78 is 34.6. The van der Waals surface area contributed by atoms with Gasteiger partial charge in [0, 0.05) is 19.8 Å². The van der Waals surface area contributed by atoms with Crippen LogP contribution in [0.5, 0.6) is 0 Å². The third-order valence-corrected chi connectivity index (χ3v) is 14.3. The second-order valence-corrected chi connectivity index (χ2v) is 20.5. The number of aliphatic carboxylic acids is 1. The molecule has 74 heavy (non-hydrogen) atoms. The highest BCUT2D eigenvalue weighted by atomic mass is 16.8. The minimum Gasteiger partial charge on any atom is -0.477 e. The highest BCUT2D eigenvalue weighted by Crippen LogP contribution is 2.38. The van der Waals surface area contributed by atoms with Gasteiger partial charge in [0.25, 0.3) is 5.79 Å². The lowest BCUT2D eigenvalue weighted by Gasteiger charge is -2.50. The standard InChI is InChI=1S/C51H94N2O21/c1-4-6-8-10-12-14-15-17-19-21-23-25-38(61)53-32(33(58)24-22-20-18-16-13-11-9-7-5-2)30-69-48-43(65)42(64)45(37(29-56)71-48)72-49-44(66)47(41(63)36(28-55)70-49)74-51(50(67)68)26-34(59)39(52-31(3)57)46(73-51)40(62)35(60)27-54/h32-37,39-49,54-56,58-60,62-66H,4-30H2,1-3H3,(H,52,57)(H,53,61)(H,67,68). The van der Waals surface area contributed by atoms with Crippen LogP contribution in [0.2, 0.25) is 0 Å². The van der Waals surface area contributed by atoms with Gasteiger partial charge in [-0.15, -0.1) is 0 Å². The van der Waals surface area contributed by atoms with E-state index in [-0.39, 0.29) is 18.9 Å². The Bertz CT molecular complexity index is 1550. The number of rotatable bonds is 38. The lowest BCUT2D eigenvalue weighted by atomic mass is 9.88. The molecule has 0 spiro atoms. The van der Waals surface area contributed by atoms with Crippen molar-refractivity contribution in [1.82, 2.24) is 10.6 Å². The summed E-state index contributed by atoms with van der Waals surface area (Å²) in [5.41, 5.74) is 0. The van der Waals surface area contributed by atoms with Crippen molar-refractivity contribution in [3.05, 3.63) is 0 Å². The van der Waals surface area contributed by atoms with Crippen LogP contribution in [-0.4, -0.2) is 215 Å². The van der Waals surface area contributed by atoms with E-state index >= 15 is 0 Å². The van der Waals surface area contributed by atoms with E-state index in [0.29, 0.717) is 19.3 Å². The minimum atomic E-state index is -3.07. The molecule has 0 saturated carbocycles. The molecule has 23 nitrogen and oxygen atoms in total. The summed E-state index contributed by atoms with van der Waals surface area (Å²) in [5.74, 6) is -6.10. The molecule has 3 heterocycles. The minimum absolute atomic E-state index is 0.226. The maximum Gasteiger partial charge on any atom is 0.364 e. The number of amides is 2. The van der Waals surface area contributed by atoms with Gasteiger partial charge in [0.1, 0.15) is 67.1 Å². The summed E-state index contributed by atoms with van der Waals surface area (Å²) >= 11 is 0. The second-order valence-electron chi connectivity index (χ2n) is 20.5. The number of aliphatic hydroxyl groups excluding tert-OH is 11. The van der Waals surface area contributed by atoms with E-state index in [1.165, 1.54) is 64.2 Å². The van der Waals surface area contributed by atoms with Gasteiger partial charge < -0.3 is 100 Å². The Balaban J connectivity index is 1.71. The zero-order valence-corrected chi connectivity index (χ0v) is 43.9. The van der Waals surface area contributed by atoms with E-state index in [0.717, 1.165) is 58.3 Å². The molecular weight excluding hydrogens is 977 g/mol. The van der Waals surface area contributed by atoms with Gasteiger partial charge in [-0.3, -0.25) is 9.59 Å². The Hall–Kier alpha value is -2.27. The molecule has 3 fully saturated rings. The Morgan fingerprint density at radius 1 is 0.649 bits per heavy atom. The first-order valence-corrected chi connectivity index (χ1v) is 27.4. The zero-order valence-electron chi connectivity index (χ0n) is 43.9. The third-order valence-electron chi connectivity index (χ3n) is 14.3. The van der Waals surface area contributed by atoms with Crippen molar-refractivity contribution >= 4 is 17.8 Å². The number of carbonyl (C=O) groups excluding carboxylic acids is 2. The van der Waals surface area contributed by atoms with Crippen LogP contribution in [0.15, 0.2) is 0 Å². The molecule has 2 amide bonds. The van der Waals surface area contributed by atoms with E-state index in [9.17, 15) is 75.7 Å². The number of hydrogen-bond acceptors (Lipinski definition) is 20. The lowest BCUT2D eigenvalue weighted by Crippen LogP contribution is -2.70. The summed E-state index contributed by atoms with van der Waals surface area (Å²) in [4.78, 5) is 38.2. The number of aliphatic hydroxyl groups is 11. The van der Waals surface area contributed by atoms with Gasteiger partial charge in [-0.05, 0) is 12.8 Å². The number of hydrogen-bond donors (Lipinski definition) is 14. The quantitative estimate of drug-likeness (QED) is 0.0369. The SMILES string of the molecule is CCCCCCCCCCCCCC(=O)NC(COC1OC(CO)C(OC2OC(CO)C(O)C(OC3(C(=O)O)CC(O)C(NC(C)=O)C(C(O)C(O)CO)O3)C2O)C(O)C1O)C(O)CCCCCCCCCCC. The maximum absolute atomic E-state index is 13.2. The Morgan fingerprint density at radius 2 is 1.18 bits per heavy atom. The van der Waals surface area contributed by atoms with Crippen molar-refractivity contribution in [2.75, 3.05) is 26.4 Å². The summed E-state index contributed by atoms with van der Waals surface area (Å²) in [6.07, 6.45) is -6.75. The van der Waals surface area contributed by atoms with Crippen molar-refractivity contribution in [2.45, 2.75) is 278 Å². The first kappa shape index (κ1) is 66.0. The fraction of sp³-hybridized carbons (Fsp3) is 0.941. The number of unbranched alkanes of at least 4 members (excludes halogenated alkanes) is 18. The molecule has 3 aliphatic heterocycles. The predicted octanol–water partition coefficient (Wildman–Crippen LogP) is 0.269. The molecule has 3 rings (SSSR count). The maximum atomic E-state index is 13.2. The molecule has 0 aromatic heterocycles. The fourth-order valence-electron chi connectivity index (χ4n) is 9.83. The normalized spacial score (nSPS) is 32.1. The van der Waals surface area contributed by atoms with Crippen LogP contribution in [0, 0.1) is 0 Å². The molecule has 23 heteroatoms. The highest BCUT2D eigenvalue weighted by molar-refractivity contribution is 5.77. The molecule has 0 aromatic rings. The number of carboxylic acids is 1. The zero-order chi connectivity index (χ0) is 54.8. The molecule has 18 unspecified atom stereocenters. The molecule has 434 valence electrons. The molecule has 3 saturated heterocycles. The topological polar surface area (TPSA) is 373 Å². The van der Waals surface area contributed by atoms with E-state index in [1.807, 2.05) is 0 Å². The van der Waals surface area contributed by atoms with Crippen molar-refractivity contribution < 1.29 is 104 Å². The van der Waals surface area contributed by atoms with Gasteiger partial charge in [0.15, 0.2) is 12.6 Å². The largest absolute Gasteiger partial charge is 0.477 e. The van der Waals surface area contributed by atoms with Crippen LogP contribution < -0.4 is 10.6 Å². The van der Waals surface area contributed by atoms with Gasteiger partial charge in [-0.2, -0.15) is 0 Å². The van der Waals surface area contributed by atoms with Crippen LogP contribution in [0.1, 0.15) is 168 Å². The number of ether oxygens (including phenoxy) is 6. The Labute approximate surface area is 436 Å². The predicted molar refractivity (Wildman–Crippen MR) is 265 cm³/mol. The Kier molecular flexibility index (Phi) is 31.5. The van der Waals surface area contributed by atoms with Gasteiger partial charge >= 0.3 is 5.97 Å². The molecule has 0 radical (unpaired) electrons. The van der Waals surface area contributed by atoms with Gasteiger partial charge in [-0.1, -0.05) is 136 Å². The summed E-state index contributed by atoms with van der Waals surface area (Å²) in [6.45, 7) is 2.09. The van der Waals surface area contributed by atoms with Gasteiger partial charge in [-0.25, -0.2) is 4.79 Å². The van der Waals surface area contributed by atoms with Crippen LogP contribution in [0.3, 0.4) is 0 Å². The van der Waals surface area contributed by atoms with Crippen molar-refractivity contribution in [2.24, 2.45) is 0 Å². The summed E-state index contributed by atoms with van der Waals surface area (Å²) in [7, 11) is 0. The number of carboxylic acid groups (broad SMARTS) is 1. The van der Waals surface area contributed by atoms with Gasteiger partial charge in [0.2, 0.25) is 11.8 Å². The fourth-order valence-corrected chi connectivity index (χ4v) is 9.83. The second kappa shape index (κ2) is 35.3. The average Bonchev–Trinajstić information content (AvgIpc) is 3.37. The van der Waals surface area contributed by atoms with Crippen molar-refractivity contribution in [3.8, 4) is 0 Å². The van der Waals surface area contributed by atoms with Gasteiger partial charge in [0.05, 0.1) is 50.7 Å². The smallest absolute Gasteiger partial charge is 0.364 e. The Morgan fingerprint density at radius 3 is 1.69 bits per heavy atom. The molecule has 14 N–H and O–H groups in total. The van der Waals surface area contributed by atoms with Crippen LogP contribution >= 0.6 is 0 Å². The van der Waals surface area contributed by atoms with E-state index in [4.69, 9.17) is 28.4 Å². The van der Waals surface area contributed by atoms with E-state index < -0.39 is 148 Å².